The number of nitrogens with one attached hydrogen (secondary N) is 1. The minimum absolute atomic E-state index is 0.0122. The van der Waals surface area contributed by atoms with E-state index in [1.54, 1.807) is 30.3 Å². The Hall–Kier alpha value is -2.40. The molecule has 5 heteroatoms. The molecular formula is C18H18FNO3. The average molecular weight is 315 g/mol. The summed E-state index contributed by atoms with van der Waals surface area (Å²) in [5.74, 6) is -0.387. The Balaban J connectivity index is 1.63. The molecular weight excluding hydrogens is 297 g/mol. The number of benzene rings is 2. The summed E-state index contributed by atoms with van der Waals surface area (Å²) in [6.07, 6.45) is 2.20. The van der Waals surface area contributed by atoms with Crippen LogP contribution >= 0.6 is 0 Å². The van der Waals surface area contributed by atoms with Crippen molar-refractivity contribution in [1.29, 1.82) is 0 Å². The highest BCUT2D eigenvalue weighted by Gasteiger charge is 2.16. The number of halogens is 1. The summed E-state index contributed by atoms with van der Waals surface area (Å²) in [6.45, 7) is 1.28. The highest BCUT2D eigenvalue weighted by Crippen LogP contribution is 2.20. The van der Waals surface area contributed by atoms with Gasteiger partial charge in [0.15, 0.2) is 0 Å². The number of carbonyl (C=O) groups is 1. The molecule has 0 radical (unpaired) electrons. The number of anilines is 1. The van der Waals surface area contributed by atoms with Gasteiger partial charge in [-0.1, -0.05) is 18.2 Å². The zero-order chi connectivity index (χ0) is 16.1. The molecule has 0 aliphatic carbocycles. The van der Waals surface area contributed by atoms with Crippen LogP contribution in [0.15, 0.2) is 48.5 Å². The SMILES string of the molecule is O=C(Nc1cccc(OC[C@H]2CCCO2)c1)c1ccccc1F. The normalized spacial score (nSPS) is 17.0. The van der Waals surface area contributed by atoms with Gasteiger partial charge in [-0.2, -0.15) is 0 Å². The van der Waals surface area contributed by atoms with Crippen molar-refractivity contribution < 1.29 is 18.7 Å². The molecule has 1 N–H and O–H groups in total. The first kappa shape index (κ1) is 15.5. The molecule has 120 valence electrons. The summed E-state index contributed by atoms with van der Waals surface area (Å²) < 4.78 is 24.8. The standard InChI is InChI=1S/C18H18FNO3/c19-17-9-2-1-8-16(17)18(21)20-13-5-3-6-14(11-13)23-12-15-7-4-10-22-15/h1-3,5-6,8-9,11,15H,4,7,10,12H2,(H,20,21)/t15-/m1/s1. The number of amides is 1. The van der Waals surface area contributed by atoms with Crippen LogP contribution in [-0.4, -0.2) is 25.2 Å². The molecule has 0 aromatic heterocycles. The second-order valence-electron chi connectivity index (χ2n) is 5.41. The van der Waals surface area contributed by atoms with Crippen LogP contribution in [0.5, 0.6) is 5.75 Å². The molecule has 1 aliphatic rings. The van der Waals surface area contributed by atoms with E-state index in [0.717, 1.165) is 19.4 Å². The second kappa shape index (κ2) is 7.24. The van der Waals surface area contributed by atoms with Crippen molar-refractivity contribution in [3.05, 3.63) is 59.9 Å². The minimum Gasteiger partial charge on any atom is -0.491 e. The molecule has 2 aromatic carbocycles. The van der Waals surface area contributed by atoms with Gasteiger partial charge in [0.1, 0.15) is 18.2 Å². The Morgan fingerprint density at radius 1 is 1.26 bits per heavy atom. The van der Waals surface area contributed by atoms with Crippen molar-refractivity contribution >= 4 is 11.6 Å². The summed E-state index contributed by atoms with van der Waals surface area (Å²) >= 11 is 0. The zero-order valence-corrected chi connectivity index (χ0v) is 12.6. The first-order chi connectivity index (χ1) is 11.2. The Bertz CT molecular complexity index is 683. The van der Waals surface area contributed by atoms with Crippen LogP contribution < -0.4 is 10.1 Å². The van der Waals surface area contributed by atoms with Gasteiger partial charge in [0, 0.05) is 18.4 Å². The number of ether oxygens (including phenoxy) is 2. The van der Waals surface area contributed by atoms with Crippen LogP contribution in [-0.2, 0) is 4.74 Å². The van der Waals surface area contributed by atoms with Crippen molar-refractivity contribution in [2.75, 3.05) is 18.5 Å². The zero-order valence-electron chi connectivity index (χ0n) is 12.6. The van der Waals surface area contributed by atoms with Gasteiger partial charge >= 0.3 is 0 Å². The number of rotatable bonds is 5. The third-order valence-electron chi connectivity index (χ3n) is 3.67. The Morgan fingerprint density at radius 2 is 2.13 bits per heavy atom. The van der Waals surface area contributed by atoms with Crippen LogP contribution in [0.4, 0.5) is 10.1 Å². The molecule has 1 atom stereocenters. The predicted octanol–water partition coefficient (Wildman–Crippen LogP) is 3.64. The third-order valence-corrected chi connectivity index (χ3v) is 3.67. The molecule has 1 heterocycles. The number of hydrogen-bond donors (Lipinski definition) is 1. The van der Waals surface area contributed by atoms with Crippen molar-refractivity contribution in [3.63, 3.8) is 0 Å². The van der Waals surface area contributed by atoms with Crippen molar-refractivity contribution in [3.8, 4) is 5.75 Å². The Morgan fingerprint density at radius 3 is 2.91 bits per heavy atom. The maximum absolute atomic E-state index is 13.6. The Kier molecular flexibility index (Phi) is 4.88. The van der Waals surface area contributed by atoms with E-state index in [0.29, 0.717) is 18.0 Å². The molecule has 3 rings (SSSR count). The largest absolute Gasteiger partial charge is 0.491 e. The lowest BCUT2D eigenvalue weighted by molar-refractivity contribution is 0.0680. The lowest BCUT2D eigenvalue weighted by atomic mass is 10.2. The average Bonchev–Trinajstić information content (AvgIpc) is 3.07. The van der Waals surface area contributed by atoms with Crippen molar-refractivity contribution in [1.82, 2.24) is 0 Å². The molecule has 1 fully saturated rings. The molecule has 1 aliphatic heterocycles. The van der Waals surface area contributed by atoms with E-state index in [4.69, 9.17) is 9.47 Å². The fraction of sp³-hybridized carbons (Fsp3) is 0.278. The van der Waals surface area contributed by atoms with Crippen LogP contribution in [0.3, 0.4) is 0 Å². The predicted molar refractivity (Wildman–Crippen MR) is 85.3 cm³/mol. The van der Waals surface area contributed by atoms with Gasteiger partial charge in [-0.3, -0.25) is 4.79 Å². The van der Waals surface area contributed by atoms with E-state index >= 15 is 0 Å². The molecule has 4 nitrogen and oxygen atoms in total. The summed E-state index contributed by atoms with van der Waals surface area (Å²) in [6, 6.07) is 12.9. The van der Waals surface area contributed by atoms with Crippen molar-refractivity contribution in [2.24, 2.45) is 0 Å². The van der Waals surface area contributed by atoms with E-state index < -0.39 is 11.7 Å². The van der Waals surface area contributed by atoms with Gasteiger partial charge in [-0.25, -0.2) is 4.39 Å². The summed E-state index contributed by atoms with van der Waals surface area (Å²) in [7, 11) is 0. The molecule has 0 bridgehead atoms. The molecule has 2 aromatic rings. The monoisotopic (exact) mass is 315 g/mol. The smallest absolute Gasteiger partial charge is 0.258 e. The van der Waals surface area contributed by atoms with Gasteiger partial charge in [0.2, 0.25) is 0 Å². The topological polar surface area (TPSA) is 47.6 Å². The number of hydrogen-bond acceptors (Lipinski definition) is 3. The van der Waals surface area contributed by atoms with E-state index in [9.17, 15) is 9.18 Å². The van der Waals surface area contributed by atoms with Gasteiger partial charge in [0.05, 0.1) is 11.7 Å². The highest BCUT2D eigenvalue weighted by atomic mass is 19.1. The van der Waals surface area contributed by atoms with Crippen LogP contribution in [0.2, 0.25) is 0 Å². The fourth-order valence-electron chi connectivity index (χ4n) is 2.47. The molecule has 1 amide bonds. The molecule has 0 spiro atoms. The minimum atomic E-state index is -0.546. The molecule has 23 heavy (non-hydrogen) atoms. The number of carbonyl (C=O) groups excluding carboxylic acids is 1. The molecule has 0 unspecified atom stereocenters. The van der Waals surface area contributed by atoms with E-state index in [1.165, 1.54) is 12.1 Å². The van der Waals surface area contributed by atoms with E-state index in [-0.39, 0.29) is 11.7 Å². The first-order valence-corrected chi connectivity index (χ1v) is 7.63. The van der Waals surface area contributed by atoms with Gasteiger partial charge in [0.25, 0.3) is 5.91 Å². The molecule has 1 saturated heterocycles. The third kappa shape index (κ3) is 4.07. The summed E-state index contributed by atoms with van der Waals surface area (Å²) in [5, 5.41) is 2.68. The maximum Gasteiger partial charge on any atom is 0.258 e. The Labute approximate surface area is 134 Å². The quantitative estimate of drug-likeness (QED) is 0.916. The van der Waals surface area contributed by atoms with Gasteiger partial charge in [-0.05, 0) is 37.1 Å². The van der Waals surface area contributed by atoms with Crippen LogP contribution in [0.25, 0.3) is 0 Å². The molecule has 0 saturated carbocycles. The van der Waals surface area contributed by atoms with E-state index in [2.05, 4.69) is 5.32 Å². The lowest BCUT2D eigenvalue weighted by Crippen LogP contribution is -2.16. The maximum atomic E-state index is 13.6. The van der Waals surface area contributed by atoms with Crippen LogP contribution in [0.1, 0.15) is 23.2 Å². The highest BCUT2D eigenvalue weighted by molar-refractivity contribution is 6.04. The second-order valence-corrected chi connectivity index (χ2v) is 5.41. The van der Waals surface area contributed by atoms with Crippen molar-refractivity contribution in [2.45, 2.75) is 18.9 Å². The first-order valence-electron chi connectivity index (χ1n) is 7.63. The van der Waals surface area contributed by atoms with Gasteiger partial charge < -0.3 is 14.8 Å². The fourth-order valence-corrected chi connectivity index (χ4v) is 2.47. The van der Waals surface area contributed by atoms with E-state index in [1.807, 2.05) is 6.07 Å². The van der Waals surface area contributed by atoms with Gasteiger partial charge in [-0.15, -0.1) is 0 Å². The summed E-state index contributed by atoms with van der Waals surface area (Å²) in [5.41, 5.74) is 0.571. The summed E-state index contributed by atoms with van der Waals surface area (Å²) in [4.78, 5) is 12.1. The lowest BCUT2D eigenvalue weighted by Gasteiger charge is -2.12. The van der Waals surface area contributed by atoms with Crippen LogP contribution in [0, 0.1) is 5.82 Å².